The third-order valence-corrected chi connectivity index (χ3v) is 6.18. The van der Waals surface area contributed by atoms with E-state index in [9.17, 15) is 10.4 Å². The van der Waals surface area contributed by atoms with Crippen molar-refractivity contribution < 1.29 is 5.11 Å². The lowest BCUT2D eigenvalue weighted by molar-refractivity contribution is 0.401. The highest BCUT2D eigenvalue weighted by atomic mass is 32.2. The van der Waals surface area contributed by atoms with Crippen molar-refractivity contribution in [3.05, 3.63) is 72.0 Å². The predicted octanol–water partition coefficient (Wildman–Crippen LogP) is 4.99. The fourth-order valence-electron chi connectivity index (χ4n) is 3.44. The molecule has 7 nitrogen and oxygen atoms in total. The fourth-order valence-corrected chi connectivity index (χ4v) is 4.26. The van der Waals surface area contributed by atoms with Gasteiger partial charge < -0.3 is 10.1 Å². The van der Waals surface area contributed by atoms with Gasteiger partial charge in [0, 0.05) is 5.92 Å². The van der Waals surface area contributed by atoms with Gasteiger partial charge >= 0.3 is 0 Å². The summed E-state index contributed by atoms with van der Waals surface area (Å²) in [6, 6.07) is 19.5. The summed E-state index contributed by atoms with van der Waals surface area (Å²) in [5, 5.41) is 25.4. The number of rotatable bonds is 6. The number of hydrogen-bond acceptors (Lipinski definition) is 6. The fraction of sp³-hybridized carbons (Fsp3) is 0.217. The SMILES string of the molecule is CC(Sc1nc(C2CC2)n(-c2ccccc2)n1)/C(O)=C(\C#N)c1nc2ccccc2[nH]1. The molecular weight excluding hydrogens is 408 g/mol. The van der Waals surface area contributed by atoms with Gasteiger partial charge in [-0.3, -0.25) is 0 Å². The minimum Gasteiger partial charge on any atom is -0.510 e. The van der Waals surface area contributed by atoms with Crippen LogP contribution >= 0.6 is 11.8 Å². The second-order valence-corrected chi connectivity index (χ2v) is 8.82. The van der Waals surface area contributed by atoms with Crippen molar-refractivity contribution in [2.75, 3.05) is 0 Å². The number of allylic oxidation sites excluding steroid dienone is 1. The Balaban J connectivity index is 1.45. The highest BCUT2D eigenvalue weighted by Gasteiger charge is 2.31. The lowest BCUT2D eigenvalue weighted by atomic mass is 10.2. The van der Waals surface area contributed by atoms with Crippen molar-refractivity contribution in [3.63, 3.8) is 0 Å². The molecule has 2 N–H and O–H groups in total. The molecule has 1 fully saturated rings. The Hall–Kier alpha value is -3.57. The number of aliphatic hydroxyl groups excluding tert-OH is 1. The van der Waals surface area contributed by atoms with E-state index < -0.39 is 5.25 Å². The molecule has 31 heavy (non-hydrogen) atoms. The number of nitriles is 1. The summed E-state index contributed by atoms with van der Waals surface area (Å²) in [4.78, 5) is 12.3. The van der Waals surface area contributed by atoms with E-state index in [2.05, 4.69) is 21.1 Å². The third kappa shape index (κ3) is 3.80. The van der Waals surface area contributed by atoms with E-state index in [1.54, 1.807) is 0 Å². The largest absolute Gasteiger partial charge is 0.510 e. The molecule has 2 aromatic heterocycles. The zero-order valence-electron chi connectivity index (χ0n) is 16.9. The van der Waals surface area contributed by atoms with Gasteiger partial charge in [-0.15, -0.1) is 5.10 Å². The van der Waals surface area contributed by atoms with E-state index in [4.69, 9.17) is 4.98 Å². The average Bonchev–Trinajstić information content (AvgIpc) is 3.41. The average molecular weight is 429 g/mol. The van der Waals surface area contributed by atoms with E-state index in [-0.39, 0.29) is 11.3 Å². The number of imidazole rings is 1. The molecule has 0 spiro atoms. The van der Waals surface area contributed by atoms with Crippen molar-refractivity contribution >= 4 is 28.4 Å². The van der Waals surface area contributed by atoms with E-state index in [1.807, 2.05) is 66.2 Å². The number of nitrogens with zero attached hydrogens (tertiary/aromatic N) is 5. The van der Waals surface area contributed by atoms with Gasteiger partial charge in [0.25, 0.3) is 0 Å². The van der Waals surface area contributed by atoms with Gasteiger partial charge in [0.1, 0.15) is 23.2 Å². The summed E-state index contributed by atoms with van der Waals surface area (Å²) < 4.78 is 1.89. The van der Waals surface area contributed by atoms with Crippen LogP contribution in [0.2, 0.25) is 0 Å². The highest BCUT2D eigenvalue weighted by molar-refractivity contribution is 7.99. The number of aromatic nitrogens is 5. The van der Waals surface area contributed by atoms with E-state index in [1.165, 1.54) is 11.8 Å². The Bertz CT molecular complexity index is 1280. The number of fused-ring (bicyclic) bond motifs is 1. The van der Waals surface area contributed by atoms with Crippen LogP contribution in [-0.4, -0.2) is 35.1 Å². The Morgan fingerprint density at radius 2 is 1.90 bits per heavy atom. The monoisotopic (exact) mass is 428 g/mol. The number of aromatic amines is 1. The van der Waals surface area contributed by atoms with Crippen molar-refractivity contribution in [1.29, 1.82) is 5.26 Å². The molecule has 1 saturated carbocycles. The second-order valence-electron chi connectivity index (χ2n) is 7.51. The zero-order valence-corrected chi connectivity index (χ0v) is 17.7. The van der Waals surface area contributed by atoms with Crippen molar-refractivity contribution in [2.24, 2.45) is 0 Å². The lowest BCUT2D eigenvalue weighted by Gasteiger charge is -2.09. The molecule has 0 saturated heterocycles. The van der Waals surface area contributed by atoms with Crippen molar-refractivity contribution in [1.82, 2.24) is 24.7 Å². The molecule has 0 bridgehead atoms. The van der Waals surface area contributed by atoms with Gasteiger partial charge in [0.2, 0.25) is 5.16 Å². The van der Waals surface area contributed by atoms with Gasteiger partial charge in [-0.25, -0.2) is 14.6 Å². The van der Waals surface area contributed by atoms with Crippen LogP contribution in [0.15, 0.2) is 65.5 Å². The van der Waals surface area contributed by atoms with Crippen LogP contribution in [0.4, 0.5) is 0 Å². The van der Waals surface area contributed by atoms with E-state index in [0.29, 0.717) is 16.9 Å². The van der Waals surface area contributed by atoms with Crippen LogP contribution in [-0.2, 0) is 0 Å². The molecule has 1 aliphatic carbocycles. The number of H-pyrrole nitrogens is 1. The molecular formula is C23H20N6OS. The maximum absolute atomic E-state index is 10.8. The molecule has 0 radical (unpaired) electrons. The van der Waals surface area contributed by atoms with E-state index in [0.717, 1.165) is 35.4 Å². The zero-order chi connectivity index (χ0) is 21.4. The summed E-state index contributed by atoms with van der Waals surface area (Å²) in [6.07, 6.45) is 2.22. The van der Waals surface area contributed by atoms with Gasteiger partial charge in [0.15, 0.2) is 5.82 Å². The summed E-state index contributed by atoms with van der Waals surface area (Å²) in [5.41, 5.74) is 2.66. The standard InChI is InChI=1S/C23H20N6OS/c1-14(20(30)17(13-24)21-25-18-9-5-6-10-19(18)26-21)31-23-27-22(15-11-12-15)29(28-23)16-7-3-2-4-8-16/h2-10,14-15,30H,11-12H2,1H3,(H,25,26)/b20-17-. The Morgan fingerprint density at radius 3 is 2.61 bits per heavy atom. The van der Waals surface area contributed by atoms with E-state index >= 15 is 0 Å². The topological polar surface area (TPSA) is 103 Å². The third-order valence-electron chi connectivity index (χ3n) is 5.22. The molecule has 0 amide bonds. The smallest absolute Gasteiger partial charge is 0.209 e. The first-order valence-electron chi connectivity index (χ1n) is 10.1. The molecule has 1 atom stereocenters. The molecule has 154 valence electrons. The first-order valence-corrected chi connectivity index (χ1v) is 11.0. The Morgan fingerprint density at radius 1 is 1.16 bits per heavy atom. The number of nitrogens with one attached hydrogen (secondary N) is 1. The summed E-state index contributed by atoms with van der Waals surface area (Å²) >= 11 is 1.33. The molecule has 2 aromatic carbocycles. The first kappa shape index (κ1) is 19.4. The highest BCUT2D eigenvalue weighted by Crippen LogP contribution is 2.41. The second kappa shape index (κ2) is 7.93. The number of benzene rings is 2. The number of hydrogen-bond donors (Lipinski definition) is 2. The quantitative estimate of drug-likeness (QED) is 0.255. The van der Waals surface area contributed by atoms with Crippen LogP contribution in [0, 0.1) is 11.3 Å². The normalized spacial score (nSPS) is 15.5. The van der Waals surface area contributed by atoms with Crippen LogP contribution in [0.3, 0.4) is 0 Å². The minimum atomic E-state index is -0.415. The van der Waals surface area contributed by atoms with Crippen molar-refractivity contribution in [3.8, 4) is 11.8 Å². The van der Waals surface area contributed by atoms with Crippen LogP contribution in [0.25, 0.3) is 22.3 Å². The van der Waals surface area contributed by atoms with Crippen LogP contribution < -0.4 is 0 Å². The predicted molar refractivity (Wildman–Crippen MR) is 120 cm³/mol. The maximum atomic E-state index is 10.8. The molecule has 1 aliphatic rings. The lowest BCUT2D eigenvalue weighted by Crippen LogP contribution is -2.05. The molecule has 1 unspecified atom stereocenters. The van der Waals surface area contributed by atoms with Gasteiger partial charge in [-0.1, -0.05) is 42.1 Å². The molecule has 0 aliphatic heterocycles. The summed E-state index contributed by atoms with van der Waals surface area (Å²) in [6.45, 7) is 1.83. The van der Waals surface area contributed by atoms with Gasteiger partial charge in [0.05, 0.1) is 22.0 Å². The number of aliphatic hydroxyl groups is 1. The summed E-state index contributed by atoms with van der Waals surface area (Å²) in [5.74, 6) is 1.68. The Kier molecular flexibility index (Phi) is 4.96. The molecule has 2 heterocycles. The molecule has 8 heteroatoms. The summed E-state index contributed by atoms with van der Waals surface area (Å²) in [7, 11) is 0. The number of thioether (sulfide) groups is 1. The van der Waals surface area contributed by atoms with Crippen molar-refractivity contribution in [2.45, 2.75) is 36.1 Å². The number of para-hydroxylation sites is 3. The van der Waals surface area contributed by atoms with Crippen LogP contribution in [0.1, 0.15) is 37.3 Å². The molecule has 4 aromatic rings. The van der Waals surface area contributed by atoms with Gasteiger partial charge in [-0.05, 0) is 44.0 Å². The van der Waals surface area contributed by atoms with Crippen LogP contribution in [0.5, 0.6) is 0 Å². The maximum Gasteiger partial charge on any atom is 0.209 e. The van der Waals surface area contributed by atoms with Gasteiger partial charge in [-0.2, -0.15) is 5.26 Å². The first-order chi connectivity index (χ1) is 15.1. The molecule has 5 rings (SSSR count). The Labute approximate surface area is 183 Å². The minimum absolute atomic E-state index is 0.0458.